The summed E-state index contributed by atoms with van der Waals surface area (Å²) in [6.07, 6.45) is 3.49. The predicted molar refractivity (Wildman–Crippen MR) is 91.9 cm³/mol. The number of carbonyl (C=O) groups excluding carboxylic acids is 2. The first-order valence-electron chi connectivity index (χ1n) is 8.51. The van der Waals surface area contributed by atoms with Gasteiger partial charge in [0.05, 0.1) is 18.0 Å². The summed E-state index contributed by atoms with van der Waals surface area (Å²) in [4.78, 5) is 31.4. The molecule has 0 aliphatic carbocycles. The Bertz CT molecular complexity index is 871. The van der Waals surface area contributed by atoms with Crippen LogP contribution in [0.25, 0.3) is 11.0 Å². The van der Waals surface area contributed by atoms with Crippen LogP contribution in [0.5, 0.6) is 0 Å². The van der Waals surface area contributed by atoms with Gasteiger partial charge in [-0.25, -0.2) is 9.67 Å². The fraction of sp³-hybridized carbons (Fsp3) is 0.500. The lowest BCUT2D eigenvalue weighted by molar-refractivity contribution is -0.131. The van der Waals surface area contributed by atoms with Crippen molar-refractivity contribution in [2.75, 3.05) is 13.1 Å². The van der Waals surface area contributed by atoms with Crippen molar-refractivity contribution in [2.45, 2.75) is 39.7 Å². The van der Waals surface area contributed by atoms with E-state index < -0.39 is 17.6 Å². The van der Waals surface area contributed by atoms with E-state index in [0.717, 1.165) is 18.2 Å². The van der Waals surface area contributed by atoms with E-state index in [1.807, 2.05) is 19.9 Å². The fourth-order valence-electron chi connectivity index (χ4n) is 3.19. The molecule has 0 radical (unpaired) electrons. The molecule has 2 aromatic rings. The first-order chi connectivity index (χ1) is 11.9. The summed E-state index contributed by atoms with van der Waals surface area (Å²) in [6.45, 7) is 6.95. The lowest BCUT2D eigenvalue weighted by Gasteiger charge is -2.18. The molecule has 0 saturated carbocycles. The number of likely N-dealkylation sites (tertiary alicyclic amines) is 1. The lowest BCUT2D eigenvalue weighted by Crippen LogP contribution is -2.37. The molecule has 7 heteroatoms. The molecule has 0 bridgehead atoms. The summed E-state index contributed by atoms with van der Waals surface area (Å²) >= 11 is 0. The van der Waals surface area contributed by atoms with E-state index in [0.29, 0.717) is 30.0 Å². The second-order valence-electron chi connectivity index (χ2n) is 6.68. The smallest absolute Gasteiger partial charge is 0.247 e. The minimum Gasteiger partial charge on any atom is -0.341 e. The van der Waals surface area contributed by atoms with Gasteiger partial charge < -0.3 is 4.90 Å². The van der Waals surface area contributed by atoms with Gasteiger partial charge in [0.2, 0.25) is 5.91 Å². The SMILES string of the molecule is Cc1nc2c(cnn2C(C)C)cc1C(=O)[C@H](C#N)C(=O)N1CCCC1. The van der Waals surface area contributed by atoms with Crippen molar-refractivity contribution in [3.8, 4) is 6.07 Å². The van der Waals surface area contributed by atoms with Gasteiger partial charge in [-0.05, 0) is 39.7 Å². The first kappa shape index (κ1) is 17.1. The van der Waals surface area contributed by atoms with E-state index in [1.165, 1.54) is 0 Å². The molecule has 1 fully saturated rings. The standard InChI is InChI=1S/C18H21N5O2/c1-11(2)23-17-13(10-20-23)8-14(12(3)21-17)16(24)15(9-19)18(25)22-6-4-5-7-22/h8,10-11,15H,4-7H2,1-3H3/t15-/m0/s1. The van der Waals surface area contributed by atoms with Crippen LogP contribution in [0.2, 0.25) is 0 Å². The van der Waals surface area contributed by atoms with Gasteiger partial charge in [-0.1, -0.05) is 0 Å². The molecule has 3 heterocycles. The van der Waals surface area contributed by atoms with Gasteiger partial charge in [0.1, 0.15) is 0 Å². The van der Waals surface area contributed by atoms with Gasteiger partial charge >= 0.3 is 0 Å². The quantitative estimate of drug-likeness (QED) is 0.629. The summed E-state index contributed by atoms with van der Waals surface area (Å²) < 4.78 is 1.79. The molecule has 3 rings (SSSR count). The van der Waals surface area contributed by atoms with Gasteiger partial charge in [-0.15, -0.1) is 0 Å². The second-order valence-corrected chi connectivity index (χ2v) is 6.68. The molecule has 0 unspecified atom stereocenters. The van der Waals surface area contributed by atoms with Gasteiger partial charge in [-0.3, -0.25) is 9.59 Å². The Labute approximate surface area is 146 Å². The largest absolute Gasteiger partial charge is 0.341 e. The summed E-state index contributed by atoms with van der Waals surface area (Å²) in [6, 6.07) is 3.72. The second kappa shape index (κ2) is 6.63. The van der Waals surface area contributed by atoms with Crippen LogP contribution >= 0.6 is 0 Å². The molecule has 1 aliphatic heterocycles. The zero-order chi connectivity index (χ0) is 18.1. The van der Waals surface area contributed by atoms with Crippen molar-refractivity contribution < 1.29 is 9.59 Å². The summed E-state index contributed by atoms with van der Waals surface area (Å²) in [5.74, 6) is -2.19. The zero-order valence-corrected chi connectivity index (χ0v) is 14.7. The number of nitriles is 1. The van der Waals surface area contributed by atoms with E-state index in [-0.39, 0.29) is 6.04 Å². The molecule has 0 N–H and O–H groups in total. The van der Waals surface area contributed by atoms with E-state index in [4.69, 9.17) is 0 Å². The van der Waals surface area contributed by atoms with Crippen molar-refractivity contribution >= 4 is 22.7 Å². The molecule has 2 aromatic heterocycles. The predicted octanol–water partition coefficient (Wildman–Crippen LogP) is 2.27. The van der Waals surface area contributed by atoms with Crippen molar-refractivity contribution in [1.29, 1.82) is 5.26 Å². The zero-order valence-electron chi connectivity index (χ0n) is 14.7. The van der Waals surface area contributed by atoms with Crippen LogP contribution in [0.15, 0.2) is 12.3 Å². The Morgan fingerprint density at radius 1 is 1.28 bits per heavy atom. The summed E-state index contributed by atoms with van der Waals surface area (Å²) in [5, 5.41) is 14.4. The maximum Gasteiger partial charge on any atom is 0.247 e. The third kappa shape index (κ3) is 3.00. The van der Waals surface area contributed by atoms with Crippen molar-refractivity contribution in [3.63, 3.8) is 0 Å². The minimum absolute atomic E-state index is 0.148. The topological polar surface area (TPSA) is 91.9 Å². The fourth-order valence-corrected chi connectivity index (χ4v) is 3.19. The highest BCUT2D eigenvalue weighted by Gasteiger charge is 2.33. The number of carbonyl (C=O) groups is 2. The Balaban J connectivity index is 1.97. The Morgan fingerprint density at radius 2 is 1.96 bits per heavy atom. The number of pyridine rings is 1. The molecule has 1 saturated heterocycles. The molecule has 130 valence electrons. The van der Waals surface area contributed by atoms with Crippen LogP contribution < -0.4 is 0 Å². The molecule has 1 atom stereocenters. The van der Waals surface area contributed by atoms with Crippen LogP contribution in [0.3, 0.4) is 0 Å². The van der Waals surface area contributed by atoms with Crippen LogP contribution in [0.1, 0.15) is 48.8 Å². The van der Waals surface area contributed by atoms with Crippen LogP contribution in [-0.2, 0) is 4.79 Å². The normalized spacial score (nSPS) is 15.6. The van der Waals surface area contributed by atoms with Crippen molar-refractivity contribution in [1.82, 2.24) is 19.7 Å². The van der Waals surface area contributed by atoms with Crippen LogP contribution in [0.4, 0.5) is 0 Å². The summed E-state index contributed by atoms with van der Waals surface area (Å²) in [5.41, 5.74) is 1.52. The number of ketones is 1. The van der Waals surface area contributed by atoms with E-state index >= 15 is 0 Å². The van der Waals surface area contributed by atoms with Crippen LogP contribution in [-0.4, -0.2) is 44.4 Å². The average molecular weight is 339 g/mol. The maximum absolute atomic E-state index is 12.8. The number of rotatable bonds is 4. The highest BCUT2D eigenvalue weighted by molar-refractivity contribution is 6.13. The number of Topliss-reactive ketones (excluding diaryl/α,β-unsaturated/α-hetero) is 1. The number of hydrogen-bond acceptors (Lipinski definition) is 5. The Kier molecular flexibility index (Phi) is 4.53. The Hall–Kier alpha value is -2.75. The molecule has 1 aliphatic rings. The van der Waals surface area contributed by atoms with Gasteiger partial charge in [0.25, 0.3) is 0 Å². The molecule has 7 nitrogen and oxygen atoms in total. The molecule has 1 amide bonds. The first-order valence-corrected chi connectivity index (χ1v) is 8.51. The van der Waals surface area contributed by atoms with Crippen LogP contribution in [0, 0.1) is 24.2 Å². The average Bonchev–Trinajstić information content (AvgIpc) is 3.23. The highest BCUT2D eigenvalue weighted by atomic mass is 16.2. The van der Waals surface area contributed by atoms with Gasteiger partial charge in [0, 0.05) is 30.1 Å². The highest BCUT2D eigenvalue weighted by Crippen LogP contribution is 2.22. The lowest BCUT2D eigenvalue weighted by atomic mass is 9.96. The number of nitrogens with zero attached hydrogens (tertiary/aromatic N) is 5. The van der Waals surface area contributed by atoms with Gasteiger partial charge in [0.15, 0.2) is 17.3 Å². The minimum atomic E-state index is -1.31. The molecule has 0 spiro atoms. The number of aryl methyl sites for hydroxylation is 1. The number of fused-ring (bicyclic) bond motifs is 1. The third-order valence-electron chi connectivity index (χ3n) is 4.57. The number of hydrogen-bond donors (Lipinski definition) is 0. The van der Waals surface area contributed by atoms with E-state index in [1.54, 1.807) is 28.8 Å². The molecular formula is C18H21N5O2. The van der Waals surface area contributed by atoms with E-state index in [2.05, 4.69) is 10.1 Å². The Morgan fingerprint density at radius 3 is 2.56 bits per heavy atom. The number of amides is 1. The summed E-state index contributed by atoms with van der Waals surface area (Å²) in [7, 11) is 0. The van der Waals surface area contributed by atoms with Crippen molar-refractivity contribution in [2.24, 2.45) is 5.92 Å². The molecule has 0 aromatic carbocycles. The monoisotopic (exact) mass is 339 g/mol. The third-order valence-corrected chi connectivity index (χ3v) is 4.57. The molecule has 25 heavy (non-hydrogen) atoms. The van der Waals surface area contributed by atoms with Gasteiger partial charge in [-0.2, -0.15) is 10.4 Å². The maximum atomic E-state index is 12.8. The van der Waals surface area contributed by atoms with E-state index in [9.17, 15) is 14.9 Å². The number of aromatic nitrogens is 3. The van der Waals surface area contributed by atoms with Crippen molar-refractivity contribution in [3.05, 3.63) is 23.5 Å². The molecular weight excluding hydrogens is 318 g/mol.